The van der Waals surface area contributed by atoms with Gasteiger partial charge < -0.3 is 9.88 Å². The van der Waals surface area contributed by atoms with Crippen LogP contribution in [0.2, 0.25) is 0 Å². The fraction of sp³-hybridized carbons (Fsp3) is 0.391. The monoisotopic (exact) mass is 430 g/mol. The van der Waals surface area contributed by atoms with Crippen molar-refractivity contribution in [3.05, 3.63) is 53.4 Å². The van der Waals surface area contributed by atoms with E-state index in [4.69, 9.17) is 0 Å². The average Bonchev–Trinajstić information content (AvgIpc) is 3.35. The zero-order chi connectivity index (χ0) is 22.1. The molecule has 4 aromatic rings. The minimum atomic E-state index is -0.0356. The Kier molecular flexibility index (Phi) is 5.38. The summed E-state index contributed by atoms with van der Waals surface area (Å²) in [6.07, 6.45) is 7.00. The van der Waals surface area contributed by atoms with Crippen LogP contribution in [0.25, 0.3) is 17.2 Å². The fourth-order valence-corrected chi connectivity index (χ4v) is 4.38. The number of amides is 1. The molecule has 5 rings (SSSR count). The van der Waals surface area contributed by atoms with Gasteiger partial charge in [0.2, 0.25) is 5.91 Å². The number of hydrogen-bond donors (Lipinski definition) is 1. The number of anilines is 1. The molecule has 164 valence electrons. The van der Waals surface area contributed by atoms with Crippen LogP contribution in [0, 0.1) is 13.8 Å². The van der Waals surface area contributed by atoms with Crippen LogP contribution in [0.3, 0.4) is 0 Å². The summed E-state index contributed by atoms with van der Waals surface area (Å²) in [6, 6.07) is 7.83. The highest BCUT2D eigenvalue weighted by atomic mass is 16.1. The van der Waals surface area contributed by atoms with E-state index in [-0.39, 0.29) is 5.91 Å². The molecule has 1 aliphatic rings. The number of carbonyl (C=O) groups is 1. The number of nitrogens with one attached hydrogen (secondary N) is 1. The summed E-state index contributed by atoms with van der Waals surface area (Å²) < 4.78 is 3.94. The highest BCUT2D eigenvalue weighted by Crippen LogP contribution is 2.24. The highest BCUT2D eigenvalue weighted by molar-refractivity contribution is 5.91. The predicted octanol–water partition coefficient (Wildman–Crippen LogP) is 3.30. The summed E-state index contributed by atoms with van der Waals surface area (Å²) in [7, 11) is 0. The van der Waals surface area contributed by atoms with Crippen molar-refractivity contribution < 1.29 is 4.79 Å². The normalized spacial score (nSPS) is 13.7. The molecule has 0 bridgehead atoms. The van der Waals surface area contributed by atoms with Gasteiger partial charge in [0.15, 0.2) is 5.82 Å². The van der Waals surface area contributed by atoms with Crippen LogP contribution in [0.5, 0.6) is 0 Å². The van der Waals surface area contributed by atoms with E-state index in [0.29, 0.717) is 18.6 Å². The van der Waals surface area contributed by atoms with Crippen LogP contribution in [0.1, 0.15) is 48.5 Å². The van der Waals surface area contributed by atoms with Gasteiger partial charge >= 0.3 is 0 Å². The third kappa shape index (κ3) is 3.86. The summed E-state index contributed by atoms with van der Waals surface area (Å²) in [6.45, 7) is 4.89. The maximum Gasteiger partial charge on any atom is 0.252 e. The topological polar surface area (TPSA) is 103 Å². The molecule has 1 N–H and O–H groups in total. The van der Waals surface area contributed by atoms with Crippen LogP contribution in [0.15, 0.2) is 30.6 Å². The van der Waals surface area contributed by atoms with Gasteiger partial charge in [-0.3, -0.25) is 4.79 Å². The van der Waals surface area contributed by atoms with E-state index >= 15 is 0 Å². The Morgan fingerprint density at radius 2 is 1.94 bits per heavy atom. The molecule has 1 aromatic carbocycles. The molecule has 0 saturated heterocycles. The van der Waals surface area contributed by atoms with Gasteiger partial charge in [-0.25, -0.2) is 9.50 Å². The van der Waals surface area contributed by atoms with Gasteiger partial charge in [-0.2, -0.15) is 10.1 Å². The van der Waals surface area contributed by atoms with Crippen molar-refractivity contribution in [3.8, 4) is 11.4 Å². The Bertz CT molecular complexity index is 1270. The molecule has 0 aliphatic carbocycles. The lowest BCUT2D eigenvalue weighted by atomic mass is 10.1. The van der Waals surface area contributed by atoms with Crippen LogP contribution in [0.4, 0.5) is 5.69 Å². The minimum Gasteiger partial charge on any atom is -0.326 e. The van der Waals surface area contributed by atoms with Gasteiger partial charge in [0.1, 0.15) is 12.2 Å². The number of fused-ring (bicyclic) bond motifs is 2. The predicted molar refractivity (Wildman–Crippen MR) is 120 cm³/mol. The smallest absolute Gasteiger partial charge is 0.252 e. The largest absolute Gasteiger partial charge is 0.326 e. The van der Waals surface area contributed by atoms with E-state index in [1.807, 2.05) is 38.1 Å². The fourth-order valence-electron chi connectivity index (χ4n) is 4.38. The quantitative estimate of drug-likeness (QED) is 0.521. The molecule has 9 heteroatoms. The first kappa shape index (κ1) is 20.3. The lowest BCUT2D eigenvalue weighted by Crippen LogP contribution is -2.14. The van der Waals surface area contributed by atoms with Crippen molar-refractivity contribution in [2.24, 2.45) is 0 Å². The molecule has 9 nitrogen and oxygen atoms in total. The second kappa shape index (κ2) is 8.49. The maximum atomic E-state index is 12.6. The lowest BCUT2D eigenvalue weighted by Gasteiger charge is -2.11. The maximum absolute atomic E-state index is 12.6. The van der Waals surface area contributed by atoms with Gasteiger partial charge in [0.05, 0.1) is 0 Å². The van der Waals surface area contributed by atoms with Crippen molar-refractivity contribution in [2.75, 3.05) is 5.32 Å². The van der Waals surface area contributed by atoms with Crippen LogP contribution >= 0.6 is 0 Å². The van der Waals surface area contributed by atoms with Crippen LogP contribution in [-0.4, -0.2) is 40.3 Å². The van der Waals surface area contributed by atoms with E-state index in [2.05, 4.69) is 35.1 Å². The summed E-state index contributed by atoms with van der Waals surface area (Å²) >= 11 is 0. The second-order valence-electron chi connectivity index (χ2n) is 8.26. The van der Waals surface area contributed by atoms with E-state index in [1.54, 1.807) is 4.52 Å². The Morgan fingerprint density at radius 3 is 2.78 bits per heavy atom. The highest BCUT2D eigenvalue weighted by Gasteiger charge is 2.16. The summed E-state index contributed by atoms with van der Waals surface area (Å²) in [4.78, 5) is 21.2. The van der Waals surface area contributed by atoms with Crippen molar-refractivity contribution >= 4 is 17.4 Å². The first-order valence-electron chi connectivity index (χ1n) is 11.1. The molecule has 4 heterocycles. The molecule has 0 unspecified atom stereocenters. The van der Waals surface area contributed by atoms with Gasteiger partial charge in [0, 0.05) is 42.0 Å². The molecule has 0 spiro atoms. The average molecular weight is 431 g/mol. The molecule has 1 aliphatic heterocycles. The number of carbonyl (C=O) groups excluding carboxylic acids is 1. The van der Waals surface area contributed by atoms with Gasteiger partial charge in [0.25, 0.3) is 5.78 Å². The molecule has 32 heavy (non-hydrogen) atoms. The van der Waals surface area contributed by atoms with Crippen molar-refractivity contribution in [3.63, 3.8) is 0 Å². The van der Waals surface area contributed by atoms with Gasteiger partial charge in [-0.1, -0.05) is 6.42 Å². The number of hydrogen-bond acceptors (Lipinski definition) is 6. The second-order valence-corrected chi connectivity index (χ2v) is 8.26. The number of aryl methyl sites for hydroxylation is 3. The number of aromatic nitrogens is 7. The third-order valence-electron chi connectivity index (χ3n) is 6.13. The Hall–Kier alpha value is -3.62. The van der Waals surface area contributed by atoms with Crippen molar-refractivity contribution in [2.45, 2.75) is 58.9 Å². The van der Waals surface area contributed by atoms with Crippen LogP contribution in [-0.2, 0) is 24.2 Å². The Morgan fingerprint density at radius 1 is 1.09 bits per heavy atom. The molecule has 0 radical (unpaired) electrons. The Labute approximate surface area is 185 Å². The minimum absolute atomic E-state index is 0.0356. The summed E-state index contributed by atoms with van der Waals surface area (Å²) in [5.41, 5.74) is 4.66. The van der Waals surface area contributed by atoms with E-state index in [1.165, 1.54) is 19.2 Å². The molecule has 0 fully saturated rings. The van der Waals surface area contributed by atoms with Gasteiger partial charge in [-0.15, -0.1) is 10.2 Å². The van der Waals surface area contributed by atoms with E-state index in [9.17, 15) is 4.79 Å². The van der Waals surface area contributed by atoms with E-state index < -0.39 is 0 Å². The first-order chi connectivity index (χ1) is 15.6. The van der Waals surface area contributed by atoms with Crippen molar-refractivity contribution in [1.29, 1.82) is 0 Å². The summed E-state index contributed by atoms with van der Waals surface area (Å²) in [5.74, 6) is 2.52. The van der Waals surface area contributed by atoms with Crippen molar-refractivity contribution in [1.82, 2.24) is 34.3 Å². The molecular formula is C23H26N8O. The zero-order valence-electron chi connectivity index (χ0n) is 18.4. The Balaban J connectivity index is 1.25. The lowest BCUT2D eigenvalue weighted by molar-refractivity contribution is -0.116. The van der Waals surface area contributed by atoms with Gasteiger partial charge in [-0.05, 0) is 62.9 Å². The first-order valence-corrected chi connectivity index (χ1v) is 11.1. The summed E-state index contributed by atoms with van der Waals surface area (Å²) in [5, 5.41) is 16.0. The number of benzene rings is 1. The van der Waals surface area contributed by atoms with E-state index in [0.717, 1.165) is 59.2 Å². The SMILES string of the molecule is Cc1nc2ncnn2c(C)c1CCC(=O)Nc1ccc(-c2nnc3n2CCCCC3)cc1. The third-order valence-corrected chi connectivity index (χ3v) is 6.13. The standard InChI is InChI=1S/C23H26N8O/c1-15-19(16(2)31-23(26-15)24-14-25-31)11-12-21(32)27-18-9-7-17(8-10-18)22-29-28-20-6-4-3-5-13-30(20)22/h7-10,14H,3-6,11-13H2,1-2H3,(H,27,32). The number of rotatable bonds is 5. The molecule has 0 atom stereocenters. The molecule has 0 saturated carbocycles. The molecular weight excluding hydrogens is 404 g/mol. The number of nitrogens with zero attached hydrogens (tertiary/aromatic N) is 7. The molecule has 1 amide bonds. The molecule has 3 aromatic heterocycles. The van der Waals surface area contributed by atoms with Crippen LogP contribution < -0.4 is 5.32 Å². The zero-order valence-corrected chi connectivity index (χ0v) is 18.4.